The summed E-state index contributed by atoms with van der Waals surface area (Å²) < 4.78 is 15.4. The van der Waals surface area contributed by atoms with Crippen LogP contribution in [0.15, 0.2) is 71.8 Å². The fourth-order valence-corrected chi connectivity index (χ4v) is 8.10. The zero-order valence-corrected chi connectivity index (χ0v) is 32.7. The molecule has 0 aliphatic carbocycles. The summed E-state index contributed by atoms with van der Waals surface area (Å²) in [5.41, 5.74) is 13.2. The Labute approximate surface area is 333 Å². The van der Waals surface area contributed by atoms with Crippen LogP contribution in [0.1, 0.15) is 62.0 Å². The van der Waals surface area contributed by atoms with Crippen molar-refractivity contribution in [3.05, 3.63) is 89.2 Å². The number of nitrogens with zero attached hydrogens (tertiary/aromatic N) is 5. The molecule has 17 heteroatoms. The van der Waals surface area contributed by atoms with E-state index in [1.54, 1.807) is 34.6 Å². The number of nitrogens with two attached hydrogens (primary N) is 1. The molecule has 0 bridgehead atoms. The summed E-state index contributed by atoms with van der Waals surface area (Å²) in [6.45, 7) is 2.78. The Hall–Kier alpha value is -6.07. The van der Waals surface area contributed by atoms with E-state index >= 15 is 0 Å². The minimum absolute atomic E-state index is 0.148. The summed E-state index contributed by atoms with van der Waals surface area (Å²) in [5.74, 6) is 0.767. The van der Waals surface area contributed by atoms with Gasteiger partial charge in [-0.1, -0.05) is 48.5 Å². The van der Waals surface area contributed by atoms with E-state index in [4.69, 9.17) is 19.9 Å². The van der Waals surface area contributed by atoms with Gasteiger partial charge in [-0.2, -0.15) is 0 Å². The van der Waals surface area contributed by atoms with E-state index in [0.717, 1.165) is 59.3 Å². The van der Waals surface area contributed by atoms with Crippen molar-refractivity contribution in [3.8, 4) is 33.6 Å². The predicted molar refractivity (Wildman–Crippen MR) is 210 cm³/mol. The molecular formula is C40H45N9O7S. The number of primary amides is 1. The molecule has 5 heterocycles. The Morgan fingerprint density at radius 3 is 1.82 bits per heavy atom. The Kier molecular flexibility index (Phi) is 11.9. The van der Waals surface area contributed by atoms with Crippen LogP contribution >= 0.6 is 11.3 Å². The van der Waals surface area contributed by atoms with Crippen LogP contribution in [-0.2, 0) is 30.2 Å². The zero-order valence-electron chi connectivity index (χ0n) is 31.8. The number of carbonyl (C=O) groups excluding carboxylic acids is 4. The number of likely N-dealkylation sites (tertiary alicyclic amines) is 2. The highest BCUT2D eigenvalue weighted by Gasteiger charge is 2.39. The van der Waals surface area contributed by atoms with Crippen molar-refractivity contribution in [3.63, 3.8) is 0 Å². The maximum atomic E-state index is 13.6. The van der Waals surface area contributed by atoms with E-state index in [9.17, 15) is 19.2 Å². The summed E-state index contributed by atoms with van der Waals surface area (Å²) >= 11 is 1.40. The van der Waals surface area contributed by atoms with Gasteiger partial charge in [-0.25, -0.2) is 24.5 Å². The third kappa shape index (κ3) is 8.68. The lowest BCUT2D eigenvalue weighted by atomic mass is 10.0. The summed E-state index contributed by atoms with van der Waals surface area (Å²) in [5, 5.41) is 4.43. The number of ether oxygens (including phenoxy) is 3. The number of hydrogen-bond donors (Lipinski definition) is 4. The number of benzene rings is 2. The van der Waals surface area contributed by atoms with Crippen molar-refractivity contribution in [2.75, 3.05) is 27.3 Å². The van der Waals surface area contributed by atoms with Crippen LogP contribution in [0.2, 0.25) is 0 Å². The first kappa shape index (κ1) is 39.2. The molecule has 4 amide bonds. The number of aromatic amines is 2. The number of rotatable bonds is 13. The van der Waals surface area contributed by atoms with Gasteiger partial charge < -0.3 is 45.0 Å². The second-order valence-corrected chi connectivity index (χ2v) is 14.8. The van der Waals surface area contributed by atoms with Crippen LogP contribution in [0.5, 0.6) is 0 Å². The summed E-state index contributed by atoms with van der Waals surface area (Å²) in [6, 6.07) is 14.8. The summed E-state index contributed by atoms with van der Waals surface area (Å²) in [7, 11) is 2.75. The largest absolute Gasteiger partial charge is 0.453 e. The molecule has 0 saturated carbocycles. The first-order chi connectivity index (χ1) is 27.6. The van der Waals surface area contributed by atoms with Crippen molar-refractivity contribution >= 4 is 35.3 Å². The van der Waals surface area contributed by atoms with E-state index in [1.165, 1.54) is 25.6 Å². The molecule has 2 saturated heterocycles. The molecule has 0 unspecified atom stereocenters. The highest BCUT2D eigenvalue weighted by atomic mass is 32.1. The fourth-order valence-electron chi connectivity index (χ4n) is 7.53. The van der Waals surface area contributed by atoms with E-state index in [0.29, 0.717) is 30.4 Å². The van der Waals surface area contributed by atoms with Crippen molar-refractivity contribution in [1.82, 2.24) is 40.0 Å². The van der Waals surface area contributed by atoms with Crippen molar-refractivity contribution in [1.29, 1.82) is 0 Å². The molecule has 0 radical (unpaired) electrons. The predicted octanol–water partition coefficient (Wildman–Crippen LogP) is 5.38. The molecule has 7 rings (SSSR count). The van der Waals surface area contributed by atoms with Crippen molar-refractivity contribution in [2.45, 2.75) is 69.4 Å². The number of methoxy groups -OCH3 is 2. The summed E-state index contributed by atoms with van der Waals surface area (Å²) in [4.78, 5) is 74.7. The highest BCUT2D eigenvalue weighted by molar-refractivity contribution is 7.07. The second-order valence-electron chi connectivity index (χ2n) is 14.1. The first-order valence-corrected chi connectivity index (χ1v) is 19.7. The Balaban J connectivity index is 0.999. The maximum absolute atomic E-state index is 13.6. The molecule has 298 valence electrons. The summed E-state index contributed by atoms with van der Waals surface area (Å²) in [6.07, 6.45) is 3.41. The molecule has 0 spiro atoms. The Morgan fingerprint density at radius 2 is 1.35 bits per heavy atom. The SMILES string of the molecule is COC(=O)N[C@H](C(=O)N1CCC[C@H]1c1ncc(-c2ccc(-c3ccc(-c4cnc([C@@H]5CCCN5C(=O)[C@H](Cc5cscn5)OC(N)=O)[nH]4)cc3)cc2)[nH]1)[C@@H](C)OC. The fraction of sp³-hybridized carbons (Fsp3) is 0.375. The van der Waals surface area contributed by atoms with Gasteiger partial charge in [0, 0.05) is 32.0 Å². The molecule has 5 atom stereocenters. The number of nitrogens with one attached hydrogen (secondary N) is 3. The minimum atomic E-state index is -1.07. The molecule has 5 aromatic rings. The van der Waals surface area contributed by atoms with Crippen LogP contribution in [0, 0.1) is 0 Å². The normalized spacial score (nSPS) is 18.2. The highest BCUT2D eigenvalue weighted by Crippen LogP contribution is 2.35. The molecule has 2 aliphatic rings. The lowest BCUT2D eigenvalue weighted by molar-refractivity contribution is -0.141. The molecule has 5 N–H and O–H groups in total. The van der Waals surface area contributed by atoms with Gasteiger partial charge in [0.05, 0.1) is 60.3 Å². The zero-order chi connectivity index (χ0) is 40.1. The van der Waals surface area contributed by atoms with Crippen molar-refractivity contribution in [2.24, 2.45) is 5.73 Å². The quantitative estimate of drug-likeness (QED) is 0.119. The van der Waals surface area contributed by atoms with Gasteiger partial charge in [-0.3, -0.25) is 9.59 Å². The van der Waals surface area contributed by atoms with Crippen LogP contribution in [0.25, 0.3) is 33.6 Å². The average Bonchev–Trinajstić information content (AvgIpc) is 4.08. The minimum Gasteiger partial charge on any atom is -0.453 e. The second kappa shape index (κ2) is 17.4. The van der Waals surface area contributed by atoms with Gasteiger partial charge in [-0.05, 0) is 54.9 Å². The topological polar surface area (TPSA) is 211 Å². The van der Waals surface area contributed by atoms with Gasteiger partial charge >= 0.3 is 12.2 Å². The van der Waals surface area contributed by atoms with Gasteiger partial charge in [0.15, 0.2) is 6.10 Å². The standard InChI is InChI=1S/C40H45N9O7S/c1-23(54-2)34(47-40(53)55-3)38(51)49-17-5-7-32(49)36-43-20-30(46-36)27-14-10-25(11-15-27)24-8-12-26(13-9-24)29-19-42-35(45-29)31-6-4-16-48(31)37(50)33(56-39(41)52)18-28-21-57-22-44-28/h8-15,19-23,31-34H,4-7,16-18H2,1-3H3,(H2,41,52)(H,42,45)(H,43,46)(H,47,53)/t23-,31+,32+,33+,34+/m1/s1. The van der Waals surface area contributed by atoms with E-state index in [-0.39, 0.29) is 30.3 Å². The molecule has 16 nitrogen and oxygen atoms in total. The number of amides is 4. The first-order valence-electron chi connectivity index (χ1n) is 18.8. The molecule has 2 fully saturated rings. The number of hydrogen-bond acceptors (Lipinski definition) is 11. The number of thiazole rings is 1. The van der Waals surface area contributed by atoms with E-state index < -0.39 is 30.4 Å². The lowest BCUT2D eigenvalue weighted by Crippen LogP contribution is -2.54. The van der Waals surface area contributed by atoms with Gasteiger partial charge in [-0.15, -0.1) is 11.3 Å². The third-order valence-corrected chi connectivity index (χ3v) is 11.2. The van der Waals surface area contributed by atoms with Crippen molar-refractivity contribution < 1.29 is 33.4 Å². The Morgan fingerprint density at radius 1 is 0.825 bits per heavy atom. The lowest BCUT2D eigenvalue weighted by Gasteiger charge is -2.30. The number of H-pyrrole nitrogens is 2. The molecule has 3 aromatic heterocycles. The van der Waals surface area contributed by atoms with Gasteiger partial charge in [0.25, 0.3) is 5.91 Å². The van der Waals surface area contributed by atoms with Crippen LogP contribution in [0.3, 0.4) is 0 Å². The monoisotopic (exact) mass is 795 g/mol. The average molecular weight is 796 g/mol. The molecular weight excluding hydrogens is 751 g/mol. The molecule has 2 aromatic carbocycles. The molecule has 57 heavy (non-hydrogen) atoms. The van der Waals surface area contributed by atoms with Gasteiger partial charge in [0.2, 0.25) is 5.91 Å². The Bertz CT molecular complexity index is 2170. The van der Waals surface area contributed by atoms with Crippen LogP contribution < -0.4 is 11.1 Å². The number of carbonyl (C=O) groups is 4. The van der Waals surface area contributed by atoms with Crippen LogP contribution in [0.4, 0.5) is 9.59 Å². The van der Waals surface area contributed by atoms with Gasteiger partial charge in [0.1, 0.15) is 17.7 Å². The van der Waals surface area contributed by atoms with E-state index in [1.807, 2.05) is 41.8 Å². The number of alkyl carbamates (subject to hydrolysis) is 1. The van der Waals surface area contributed by atoms with E-state index in [2.05, 4.69) is 42.4 Å². The number of imidazole rings is 2. The third-order valence-electron chi connectivity index (χ3n) is 10.6. The number of aromatic nitrogens is 5. The van der Waals surface area contributed by atoms with Crippen LogP contribution in [-0.4, -0.2) is 104 Å². The maximum Gasteiger partial charge on any atom is 0.407 e. The molecule has 2 aliphatic heterocycles. The smallest absolute Gasteiger partial charge is 0.407 e.